The molecule has 20 heavy (non-hydrogen) atoms. The highest BCUT2D eigenvalue weighted by atomic mass is 19.1. The van der Waals surface area contributed by atoms with Gasteiger partial charge in [0.1, 0.15) is 6.10 Å². The van der Waals surface area contributed by atoms with E-state index in [1.165, 1.54) is 6.07 Å². The molecule has 0 saturated carbocycles. The molecule has 0 unspecified atom stereocenters. The van der Waals surface area contributed by atoms with E-state index in [1.807, 2.05) is 6.07 Å². The fourth-order valence-electron chi connectivity index (χ4n) is 2.70. The zero-order valence-corrected chi connectivity index (χ0v) is 11.7. The monoisotopic (exact) mass is 274 g/mol. The lowest BCUT2D eigenvalue weighted by atomic mass is 10.1. The van der Waals surface area contributed by atoms with E-state index in [-0.39, 0.29) is 11.9 Å². The molecule has 1 saturated heterocycles. The Labute approximate surface area is 118 Å². The van der Waals surface area contributed by atoms with Crippen LogP contribution < -0.4 is 4.74 Å². The maximum atomic E-state index is 14.1. The molecule has 0 radical (unpaired) electrons. The number of halogens is 1. The summed E-state index contributed by atoms with van der Waals surface area (Å²) < 4.78 is 19.9. The van der Waals surface area contributed by atoms with Gasteiger partial charge in [-0.3, -0.25) is 4.98 Å². The Balaban J connectivity index is 1.76. The second-order valence-corrected chi connectivity index (χ2v) is 5.26. The molecule has 1 aliphatic heterocycles. The van der Waals surface area contributed by atoms with Gasteiger partial charge in [0.15, 0.2) is 11.6 Å². The van der Waals surface area contributed by atoms with E-state index in [4.69, 9.17) is 4.74 Å². The van der Waals surface area contributed by atoms with Gasteiger partial charge in [-0.2, -0.15) is 0 Å². The zero-order valence-electron chi connectivity index (χ0n) is 11.7. The summed E-state index contributed by atoms with van der Waals surface area (Å²) in [5, 5.41) is 1.76. The van der Waals surface area contributed by atoms with E-state index < -0.39 is 0 Å². The maximum absolute atomic E-state index is 14.1. The normalized spacial score (nSPS) is 17.5. The first-order chi connectivity index (χ1) is 9.76. The van der Waals surface area contributed by atoms with E-state index in [9.17, 15) is 4.39 Å². The van der Waals surface area contributed by atoms with Crippen molar-refractivity contribution in [1.82, 2.24) is 9.88 Å². The number of fused-ring (bicyclic) bond motifs is 1. The summed E-state index contributed by atoms with van der Waals surface area (Å²) in [6, 6.07) is 5.15. The molecule has 2 heterocycles. The van der Waals surface area contributed by atoms with Crippen LogP contribution in [0.2, 0.25) is 0 Å². The number of hydrogen-bond donors (Lipinski definition) is 0. The lowest BCUT2D eigenvalue weighted by Gasteiger charge is -2.31. The number of likely N-dealkylation sites (tertiary alicyclic amines) is 1. The molecule has 0 amide bonds. The summed E-state index contributed by atoms with van der Waals surface area (Å²) in [5.41, 5.74) is 0. The molecule has 0 N–H and O–H groups in total. The highest BCUT2D eigenvalue weighted by Gasteiger charge is 2.20. The van der Waals surface area contributed by atoms with Crippen molar-refractivity contribution in [2.75, 3.05) is 19.6 Å². The number of ether oxygens (including phenoxy) is 1. The molecule has 0 aliphatic carbocycles. The first-order valence-electron chi connectivity index (χ1n) is 7.18. The number of nitrogens with zero attached hydrogens (tertiary/aromatic N) is 2. The summed E-state index contributed by atoms with van der Waals surface area (Å²) >= 11 is 0. The first-order valence-corrected chi connectivity index (χ1v) is 7.18. The van der Waals surface area contributed by atoms with Crippen molar-refractivity contribution in [3.05, 3.63) is 36.4 Å². The number of benzene rings is 1. The van der Waals surface area contributed by atoms with Gasteiger partial charge in [0, 0.05) is 30.9 Å². The third-order valence-electron chi connectivity index (χ3n) is 3.97. The summed E-state index contributed by atoms with van der Waals surface area (Å²) in [7, 11) is 0. The lowest BCUT2D eigenvalue weighted by Crippen LogP contribution is -2.38. The van der Waals surface area contributed by atoms with Gasteiger partial charge >= 0.3 is 0 Å². The van der Waals surface area contributed by atoms with Crippen LogP contribution in [0.15, 0.2) is 30.6 Å². The van der Waals surface area contributed by atoms with E-state index in [0.717, 1.165) is 43.2 Å². The average Bonchev–Trinajstić information content (AvgIpc) is 2.49. The number of hydrogen-bond acceptors (Lipinski definition) is 3. The van der Waals surface area contributed by atoms with Crippen molar-refractivity contribution >= 4 is 10.8 Å². The van der Waals surface area contributed by atoms with Gasteiger partial charge in [-0.05, 0) is 43.0 Å². The Morgan fingerprint density at radius 3 is 2.85 bits per heavy atom. The topological polar surface area (TPSA) is 25.4 Å². The van der Waals surface area contributed by atoms with Gasteiger partial charge < -0.3 is 9.64 Å². The second kappa shape index (κ2) is 5.75. The van der Waals surface area contributed by atoms with Gasteiger partial charge in [0.05, 0.1) is 0 Å². The Kier molecular flexibility index (Phi) is 3.83. The Morgan fingerprint density at radius 1 is 1.30 bits per heavy atom. The molecule has 3 rings (SSSR count). The molecule has 0 bridgehead atoms. The highest BCUT2D eigenvalue weighted by Crippen LogP contribution is 2.27. The molecule has 106 valence electrons. The molecular weight excluding hydrogens is 255 g/mol. The molecule has 3 nitrogen and oxygen atoms in total. The molecule has 1 aromatic carbocycles. The SMILES string of the molecule is CCN1CCC(Oc2cc3ccncc3cc2F)CC1. The minimum atomic E-state index is -0.302. The van der Waals surface area contributed by atoms with Crippen LogP contribution in [-0.2, 0) is 0 Å². The minimum absolute atomic E-state index is 0.117. The van der Waals surface area contributed by atoms with Crippen molar-refractivity contribution in [2.24, 2.45) is 0 Å². The molecule has 1 aromatic heterocycles. The summed E-state index contributed by atoms with van der Waals surface area (Å²) in [6.07, 6.45) is 5.42. The molecule has 4 heteroatoms. The molecule has 0 atom stereocenters. The molecule has 1 fully saturated rings. The fourth-order valence-corrected chi connectivity index (χ4v) is 2.70. The standard InChI is InChI=1S/C16H19FN2O/c1-2-19-7-4-14(5-8-19)20-16-10-12-3-6-18-11-13(12)9-15(16)17/h3,6,9-11,14H,2,4-5,7-8H2,1H3. The van der Waals surface area contributed by atoms with Crippen molar-refractivity contribution in [2.45, 2.75) is 25.9 Å². The van der Waals surface area contributed by atoms with Crippen LogP contribution in [0.4, 0.5) is 4.39 Å². The number of pyridine rings is 1. The van der Waals surface area contributed by atoms with Crippen LogP contribution in [-0.4, -0.2) is 35.6 Å². The Bertz CT molecular complexity index is 594. The maximum Gasteiger partial charge on any atom is 0.165 e. The third-order valence-corrected chi connectivity index (χ3v) is 3.97. The van der Waals surface area contributed by atoms with Crippen molar-refractivity contribution in [1.29, 1.82) is 0 Å². The van der Waals surface area contributed by atoms with Crippen molar-refractivity contribution < 1.29 is 9.13 Å². The molecular formula is C16H19FN2O. The number of piperidine rings is 1. The quantitative estimate of drug-likeness (QED) is 0.859. The van der Waals surface area contributed by atoms with Crippen LogP contribution in [0.25, 0.3) is 10.8 Å². The third kappa shape index (κ3) is 2.75. The molecule has 2 aromatic rings. The predicted molar refractivity (Wildman–Crippen MR) is 77.5 cm³/mol. The fraction of sp³-hybridized carbons (Fsp3) is 0.438. The Hall–Kier alpha value is -1.68. The van der Waals surface area contributed by atoms with Crippen molar-refractivity contribution in [3.8, 4) is 5.75 Å². The van der Waals surface area contributed by atoms with Gasteiger partial charge in [-0.1, -0.05) is 6.92 Å². The van der Waals surface area contributed by atoms with Crippen LogP contribution in [0.5, 0.6) is 5.75 Å². The molecule has 0 spiro atoms. The molecule has 1 aliphatic rings. The lowest BCUT2D eigenvalue weighted by molar-refractivity contribution is 0.100. The van der Waals surface area contributed by atoms with Crippen LogP contribution in [0.1, 0.15) is 19.8 Å². The summed E-state index contributed by atoms with van der Waals surface area (Å²) in [4.78, 5) is 6.40. The summed E-state index contributed by atoms with van der Waals surface area (Å²) in [6.45, 7) is 5.29. The summed E-state index contributed by atoms with van der Waals surface area (Å²) in [5.74, 6) is 0.0575. The van der Waals surface area contributed by atoms with E-state index in [1.54, 1.807) is 18.5 Å². The average molecular weight is 274 g/mol. The number of aromatic nitrogens is 1. The van der Waals surface area contributed by atoms with E-state index in [0.29, 0.717) is 5.75 Å². The Morgan fingerprint density at radius 2 is 2.10 bits per heavy atom. The van der Waals surface area contributed by atoms with Gasteiger partial charge in [-0.15, -0.1) is 0 Å². The minimum Gasteiger partial charge on any atom is -0.487 e. The van der Waals surface area contributed by atoms with E-state index in [2.05, 4.69) is 16.8 Å². The first kappa shape index (κ1) is 13.3. The largest absolute Gasteiger partial charge is 0.487 e. The smallest absolute Gasteiger partial charge is 0.165 e. The zero-order chi connectivity index (χ0) is 13.9. The van der Waals surface area contributed by atoms with Gasteiger partial charge in [-0.25, -0.2) is 4.39 Å². The van der Waals surface area contributed by atoms with E-state index >= 15 is 0 Å². The highest BCUT2D eigenvalue weighted by molar-refractivity contribution is 5.83. The van der Waals surface area contributed by atoms with Gasteiger partial charge in [0.2, 0.25) is 0 Å². The van der Waals surface area contributed by atoms with Crippen molar-refractivity contribution in [3.63, 3.8) is 0 Å². The van der Waals surface area contributed by atoms with Crippen LogP contribution in [0, 0.1) is 5.82 Å². The van der Waals surface area contributed by atoms with Crippen LogP contribution >= 0.6 is 0 Å². The number of rotatable bonds is 3. The van der Waals surface area contributed by atoms with Gasteiger partial charge in [0.25, 0.3) is 0 Å². The predicted octanol–water partition coefficient (Wildman–Crippen LogP) is 3.24. The van der Waals surface area contributed by atoms with Crippen LogP contribution in [0.3, 0.4) is 0 Å². The second-order valence-electron chi connectivity index (χ2n) is 5.26.